The van der Waals surface area contributed by atoms with Gasteiger partial charge in [-0.15, -0.1) is 0 Å². The molecule has 1 aliphatic rings. The average Bonchev–Trinajstić information content (AvgIpc) is 2.96. The Morgan fingerprint density at radius 3 is 2.82 bits per heavy atom. The van der Waals surface area contributed by atoms with Crippen molar-refractivity contribution in [1.82, 2.24) is 19.9 Å². The number of aromatic nitrogens is 3. The molecule has 0 amide bonds. The van der Waals surface area contributed by atoms with Crippen LogP contribution in [0.3, 0.4) is 0 Å². The number of hydrogen-bond acceptors (Lipinski definition) is 3. The lowest BCUT2D eigenvalue weighted by atomic mass is 9.99. The predicted molar refractivity (Wildman–Crippen MR) is 88.7 cm³/mol. The first-order valence-electron chi connectivity index (χ1n) is 7.63. The Hall–Kier alpha value is -1.91. The van der Waals surface area contributed by atoms with Gasteiger partial charge in [0.2, 0.25) is 0 Å². The lowest BCUT2D eigenvalue weighted by Gasteiger charge is -2.23. The lowest BCUT2D eigenvalue weighted by molar-refractivity contribution is 0.444. The highest BCUT2D eigenvalue weighted by molar-refractivity contribution is 6.30. The highest BCUT2D eigenvalue weighted by Crippen LogP contribution is 2.29. The van der Waals surface area contributed by atoms with Crippen LogP contribution in [-0.2, 0) is 0 Å². The molecule has 0 radical (unpaired) electrons. The van der Waals surface area contributed by atoms with Gasteiger partial charge in [0.25, 0.3) is 0 Å². The quantitative estimate of drug-likeness (QED) is 0.787. The number of benzene rings is 1. The summed E-state index contributed by atoms with van der Waals surface area (Å²) in [6.07, 6.45) is 4.16. The third kappa shape index (κ3) is 2.38. The van der Waals surface area contributed by atoms with Crippen molar-refractivity contribution in [2.24, 2.45) is 0 Å². The smallest absolute Gasteiger partial charge is 0.164 e. The minimum atomic E-state index is 0.415. The van der Waals surface area contributed by atoms with E-state index in [2.05, 4.69) is 14.9 Å². The molecule has 112 valence electrons. The van der Waals surface area contributed by atoms with E-state index in [9.17, 15) is 0 Å². The maximum atomic E-state index is 6.03. The van der Waals surface area contributed by atoms with Crippen molar-refractivity contribution in [3.8, 4) is 5.69 Å². The zero-order valence-corrected chi connectivity index (χ0v) is 12.9. The van der Waals surface area contributed by atoms with Gasteiger partial charge in [0, 0.05) is 29.4 Å². The number of rotatable bonds is 2. The highest BCUT2D eigenvalue weighted by Gasteiger charge is 2.23. The Bertz CT molecular complexity index is 788. The van der Waals surface area contributed by atoms with Gasteiger partial charge in [-0.2, -0.15) is 0 Å². The van der Waals surface area contributed by atoms with E-state index in [1.165, 1.54) is 6.42 Å². The summed E-state index contributed by atoms with van der Waals surface area (Å²) in [4.78, 5) is 9.41. The minimum Gasteiger partial charge on any atom is -0.316 e. The number of hydrogen-bond donors (Lipinski definition) is 1. The Kier molecular flexibility index (Phi) is 3.56. The van der Waals surface area contributed by atoms with Crippen LogP contribution in [0.25, 0.3) is 16.9 Å². The topological polar surface area (TPSA) is 42.7 Å². The van der Waals surface area contributed by atoms with Crippen molar-refractivity contribution >= 4 is 22.8 Å². The molecular formula is C17H17ClN4. The Balaban J connectivity index is 1.91. The van der Waals surface area contributed by atoms with E-state index in [0.29, 0.717) is 5.92 Å². The molecule has 1 fully saturated rings. The SMILES string of the molecule is Clc1ccc(-n2c(C3CCCNC3)nc3cccnc32)cc1. The summed E-state index contributed by atoms with van der Waals surface area (Å²) in [5.41, 5.74) is 2.91. The molecule has 0 spiro atoms. The monoisotopic (exact) mass is 312 g/mol. The van der Waals surface area contributed by atoms with E-state index in [1.54, 1.807) is 0 Å². The molecule has 1 saturated heterocycles. The summed E-state index contributed by atoms with van der Waals surface area (Å²) in [6, 6.07) is 11.8. The molecule has 1 aliphatic heterocycles. The third-order valence-corrected chi connectivity index (χ3v) is 4.44. The van der Waals surface area contributed by atoms with E-state index in [1.807, 2.05) is 42.6 Å². The Labute approximate surface area is 134 Å². The normalized spacial score (nSPS) is 18.7. The molecule has 1 aromatic carbocycles. The van der Waals surface area contributed by atoms with Gasteiger partial charge in [0.15, 0.2) is 5.65 Å². The summed E-state index contributed by atoms with van der Waals surface area (Å²) in [5, 5.41) is 4.21. The van der Waals surface area contributed by atoms with Crippen molar-refractivity contribution in [3.05, 3.63) is 53.4 Å². The van der Waals surface area contributed by atoms with Gasteiger partial charge in [-0.3, -0.25) is 4.57 Å². The van der Waals surface area contributed by atoms with Gasteiger partial charge in [0.05, 0.1) is 0 Å². The van der Waals surface area contributed by atoms with Gasteiger partial charge in [-0.1, -0.05) is 11.6 Å². The third-order valence-electron chi connectivity index (χ3n) is 4.19. The van der Waals surface area contributed by atoms with Crippen LogP contribution in [0.2, 0.25) is 5.02 Å². The van der Waals surface area contributed by atoms with Crippen molar-refractivity contribution in [1.29, 1.82) is 0 Å². The summed E-state index contributed by atoms with van der Waals surface area (Å²) in [7, 11) is 0. The minimum absolute atomic E-state index is 0.415. The standard InChI is InChI=1S/C17H17ClN4/c18-13-5-7-14(8-6-13)22-16(12-3-1-9-19-11-12)21-15-4-2-10-20-17(15)22/h2,4-8,10,12,19H,1,3,9,11H2. The fourth-order valence-electron chi connectivity index (χ4n) is 3.12. The number of nitrogens with zero attached hydrogens (tertiary/aromatic N) is 3. The number of imidazole rings is 1. The van der Waals surface area contributed by atoms with Crippen LogP contribution in [-0.4, -0.2) is 27.6 Å². The molecule has 0 aliphatic carbocycles. The van der Waals surface area contributed by atoms with Crippen LogP contribution in [0.4, 0.5) is 0 Å². The average molecular weight is 313 g/mol. The van der Waals surface area contributed by atoms with Crippen molar-refractivity contribution < 1.29 is 0 Å². The fourth-order valence-corrected chi connectivity index (χ4v) is 3.25. The zero-order valence-electron chi connectivity index (χ0n) is 12.2. The molecule has 22 heavy (non-hydrogen) atoms. The number of pyridine rings is 1. The van der Waals surface area contributed by atoms with Gasteiger partial charge >= 0.3 is 0 Å². The molecule has 1 atom stereocenters. The summed E-state index contributed by atoms with van der Waals surface area (Å²) in [5.74, 6) is 1.50. The van der Waals surface area contributed by atoms with E-state index < -0.39 is 0 Å². The lowest BCUT2D eigenvalue weighted by Crippen LogP contribution is -2.29. The van der Waals surface area contributed by atoms with E-state index >= 15 is 0 Å². The number of nitrogens with one attached hydrogen (secondary N) is 1. The van der Waals surface area contributed by atoms with Crippen molar-refractivity contribution in [2.45, 2.75) is 18.8 Å². The van der Waals surface area contributed by atoms with Crippen molar-refractivity contribution in [3.63, 3.8) is 0 Å². The second kappa shape index (κ2) is 5.71. The molecule has 1 unspecified atom stereocenters. The Morgan fingerprint density at radius 1 is 1.18 bits per heavy atom. The highest BCUT2D eigenvalue weighted by atomic mass is 35.5. The maximum Gasteiger partial charge on any atom is 0.164 e. The zero-order chi connectivity index (χ0) is 14.9. The van der Waals surface area contributed by atoms with Crippen LogP contribution in [0, 0.1) is 0 Å². The van der Waals surface area contributed by atoms with Crippen molar-refractivity contribution in [2.75, 3.05) is 13.1 Å². The first-order valence-corrected chi connectivity index (χ1v) is 8.01. The first-order chi connectivity index (χ1) is 10.8. The molecule has 3 aromatic rings. The summed E-state index contributed by atoms with van der Waals surface area (Å²) in [6.45, 7) is 2.06. The van der Waals surface area contributed by atoms with Gasteiger partial charge in [-0.05, 0) is 55.8 Å². The van der Waals surface area contributed by atoms with Gasteiger partial charge in [-0.25, -0.2) is 9.97 Å². The molecule has 3 heterocycles. The van der Waals surface area contributed by atoms with Crippen LogP contribution in [0.15, 0.2) is 42.6 Å². The molecule has 2 aromatic heterocycles. The molecule has 4 rings (SSSR count). The van der Waals surface area contributed by atoms with Crippen LogP contribution in [0.5, 0.6) is 0 Å². The summed E-state index contributed by atoms with van der Waals surface area (Å²) < 4.78 is 2.17. The van der Waals surface area contributed by atoms with Crippen LogP contribution in [0.1, 0.15) is 24.6 Å². The predicted octanol–water partition coefficient (Wildman–Crippen LogP) is 3.54. The first kappa shape index (κ1) is 13.7. The second-order valence-corrected chi connectivity index (χ2v) is 6.11. The van der Waals surface area contributed by atoms with E-state index in [-0.39, 0.29) is 0 Å². The molecule has 5 heteroatoms. The molecular weight excluding hydrogens is 296 g/mol. The molecule has 4 nitrogen and oxygen atoms in total. The number of piperidine rings is 1. The maximum absolute atomic E-state index is 6.03. The van der Waals surface area contributed by atoms with Gasteiger partial charge in [0.1, 0.15) is 11.3 Å². The molecule has 0 saturated carbocycles. The number of fused-ring (bicyclic) bond motifs is 1. The number of halogens is 1. The Morgan fingerprint density at radius 2 is 2.05 bits per heavy atom. The van der Waals surface area contributed by atoms with E-state index in [0.717, 1.165) is 47.2 Å². The van der Waals surface area contributed by atoms with Crippen LogP contribution >= 0.6 is 11.6 Å². The summed E-state index contributed by atoms with van der Waals surface area (Å²) >= 11 is 6.03. The fraction of sp³-hybridized carbons (Fsp3) is 0.294. The molecule has 1 N–H and O–H groups in total. The van der Waals surface area contributed by atoms with Crippen LogP contribution < -0.4 is 5.32 Å². The van der Waals surface area contributed by atoms with E-state index in [4.69, 9.17) is 16.6 Å². The largest absolute Gasteiger partial charge is 0.316 e. The van der Waals surface area contributed by atoms with Gasteiger partial charge < -0.3 is 5.32 Å². The molecule has 0 bridgehead atoms. The second-order valence-electron chi connectivity index (χ2n) is 5.67.